The van der Waals surface area contributed by atoms with Crippen molar-refractivity contribution in [1.29, 1.82) is 0 Å². The molecule has 0 fully saturated rings. The number of rotatable bonds is 58. The SMILES string of the molecule is CCCCCCCCCCCCCCCCCC[N+](C)(CCCCCCCCCCCCCCCCCC)CCCSOCC(CO)(CO)NC(=O)CCCCCCCCCCCCCCC. The molecule has 0 saturated carbocycles. The second-order valence-electron chi connectivity index (χ2n) is 22.0. The average Bonchev–Trinajstić information content (AvgIpc) is 3.33. The molecular formula is C60H123N2O4S+. The van der Waals surface area contributed by atoms with Crippen LogP contribution in [-0.4, -0.2) is 78.4 Å². The molecule has 3 N–H and O–H groups in total. The number of hydrogen-bond donors (Lipinski definition) is 3. The van der Waals surface area contributed by atoms with Gasteiger partial charge in [-0.3, -0.25) is 4.79 Å². The van der Waals surface area contributed by atoms with Gasteiger partial charge in [0.15, 0.2) is 0 Å². The molecule has 402 valence electrons. The van der Waals surface area contributed by atoms with Crippen LogP contribution in [0.25, 0.3) is 0 Å². The standard InChI is InChI=1S/C60H122N2O4S/c1-5-8-11-14-17-20-23-26-28-30-33-36-39-42-45-48-52-62(4,53-49-46-43-40-37-34-31-29-27-24-21-18-15-12-9-6-2)54-50-55-67-66-58-60(56-63,57-64)61-59(65)51-47-44-41-38-35-32-25-22-19-16-13-10-7-3/h63-64H,5-58H2,1-4H3/p+1. The number of nitrogens with one attached hydrogen (secondary N) is 1. The molecular weight excluding hydrogens is 845 g/mol. The fourth-order valence-electron chi connectivity index (χ4n) is 10.1. The summed E-state index contributed by atoms with van der Waals surface area (Å²) in [4.78, 5) is 12.8. The van der Waals surface area contributed by atoms with Crippen LogP contribution in [0.2, 0.25) is 0 Å². The number of quaternary nitrogens is 1. The highest BCUT2D eigenvalue weighted by Gasteiger charge is 2.31. The molecule has 0 radical (unpaired) electrons. The molecule has 0 aliphatic carbocycles. The van der Waals surface area contributed by atoms with Crippen molar-refractivity contribution >= 4 is 17.9 Å². The summed E-state index contributed by atoms with van der Waals surface area (Å²) >= 11 is 1.43. The molecule has 0 aromatic heterocycles. The topological polar surface area (TPSA) is 78.8 Å². The van der Waals surface area contributed by atoms with Gasteiger partial charge < -0.3 is 24.2 Å². The average molecular weight is 969 g/mol. The number of unbranched alkanes of at least 4 members (excludes halogenated alkanes) is 42. The first kappa shape index (κ1) is 66.7. The van der Waals surface area contributed by atoms with Gasteiger partial charge in [0.2, 0.25) is 5.91 Å². The van der Waals surface area contributed by atoms with Crippen LogP contribution in [0, 0.1) is 0 Å². The van der Waals surface area contributed by atoms with Gasteiger partial charge in [-0.2, -0.15) is 0 Å². The maximum absolute atomic E-state index is 12.8. The monoisotopic (exact) mass is 968 g/mol. The summed E-state index contributed by atoms with van der Waals surface area (Å²) in [5.74, 6) is 0.780. The van der Waals surface area contributed by atoms with Gasteiger partial charge in [0, 0.05) is 18.6 Å². The van der Waals surface area contributed by atoms with E-state index < -0.39 is 5.54 Å². The van der Waals surface area contributed by atoms with E-state index >= 15 is 0 Å². The third kappa shape index (κ3) is 47.7. The number of carbonyl (C=O) groups is 1. The lowest BCUT2D eigenvalue weighted by Gasteiger charge is -2.35. The van der Waals surface area contributed by atoms with Gasteiger partial charge in [-0.1, -0.05) is 278 Å². The van der Waals surface area contributed by atoms with Crippen molar-refractivity contribution < 1.29 is 23.7 Å². The summed E-state index contributed by atoms with van der Waals surface area (Å²) in [5, 5.41) is 23.4. The van der Waals surface area contributed by atoms with E-state index in [-0.39, 0.29) is 25.7 Å². The minimum atomic E-state index is -1.13. The Morgan fingerprint density at radius 2 is 0.657 bits per heavy atom. The molecule has 7 heteroatoms. The Morgan fingerprint density at radius 3 is 0.940 bits per heavy atom. The van der Waals surface area contributed by atoms with Gasteiger partial charge in [-0.25, -0.2) is 0 Å². The van der Waals surface area contributed by atoms with Gasteiger partial charge in [0.25, 0.3) is 0 Å². The number of hydrogen-bond acceptors (Lipinski definition) is 5. The van der Waals surface area contributed by atoms with Gasteiger partial charge >= 0.3 is 0 Å². The normalized spacial score (nSPS) is 12.1. The molecule has 6 nitrogen and oxygen atoms in total. The van der Waals surface area contributed by atoms with Crippen molar-refractivity contribution in [3.8, 4) is 0 Å². The Balaban J connectivity index is 4.48. The fraction of sp³-hybridized carbons (Fsp3) is 0.983. The van der Waals surface area contributed by atoms with Gasteiger partial charge in [-0.15, -0.1) is 0 Å². The minimum Gasteiger partial charge on any atom is -0.394 e. The Kier molecular flexibility index (Phi) is 53.2. The maximum Gasteiger partial charge on any atom is 0.220 e. The quantitative estimate of drug-likeness (QED) is 0.0322. The van der Waals surface area contributed by atoms with E-state index in [1.165, 1.54) is 301 Å². The molecule has 0 aliphatic rings. The third-order valence-corrected chi connectivity index (χ3v) is 15.7. The Labute approximate surface area is 425 Å². The van der Waals surface area contributed by atoms with E-state index in [4.69, 9.17) is 4.18 Å². The fourth-order valence-corrected chi connectivity index (χ4v) is 10.7. The molecule has 0 aliphatic heterocycles. The molecule has 0 heterocycles. The number of aliphatic hydroxyl groups is 2. The van der Waals surface area contributed by atoms with Crippen molar-refractivity contribution in [2.45, 2.75) is 328 Å². The lowest BCUT2D eigenvalue weighted by Crippen LogP contribution is -2.57. The minimum absolute atomic E-state index is 0.101. The predicted molar refractivity (Wildman–Crippen MR) is 298 cm³/mol. The van der Waals surface area contributed by atoms with Crippen LogP contribution in [0.3, 0.4) is 0 Å². The van der Waals surface area contributed by atoms with Crippen molar-refractivity contribution in [2.75, 3.05) is 52.3 Å². The Morgan fingerprint density at radius 1 is 0.403 bits per heavy atom. The van der Waals surface area contributed by atoms with Crippen LogP contribution in [0.5, 0.6) is 0 Å². The van der Waals surface area contributed by atoms with Crippen LogP contribution in [0.4, 0.5) is 0 Å². The van der Waals surface area contributed by atoms with Crippen LogP contribution >= 0.6 is 12.0 Å². The van der Waals surface area contributed by atoms with Gasteiger partial charge in [0.05, 0.1) is 46.5 Å². The van der Waals surface area contributed by atoms with Crippen molar-refractivity contribution in [2.24, 2.45) is 0 Å². The van der Waals surface area contributed by atoms with E-state index in [1.807, 2.05) is 0 Å². The van der Waals surface area contributed by atoms with Crippen molar-refractivity contribution in [1.82, 2.24) is 5.32 Å². The van der Waals surface area contributed by atoms with Crippen molar-refractivity contribution in [3.63, 3.8) is 0 Å². The first-order valence-electron chi connectivity index (χ1n) is 30.5. The summed E-state index contributed by atoms with van der Waals surface area (Å²) in [6.45, 7) is 10.0. The number of carbonyl (C=O) groups excluding carboxylic acids is 1. The highest BCUT2D eigenvalue weighted by atomic mass is 32.2. The molecule has 0 atom stereocenters. The Hall–Kier alpha value is -0.340. The summed E-state index contributed by atoms with van der Waals surface area (Å²) in [6.07, 6.45) is 63.3. The Bertz CT molecular complexity index is 928. The van der Waals surface area contributed by atoms with Crippen molar-refractivity contribution in [3.05, 3.63) is 0 Å². The lowest BCUT2D eigenvalue weighted by molar-refractivity contribution is -0.910. The van der Waals surface area contributed by atoms with Crippen LogP contribution < -0.4 is 5.32 Å². The van der Waals surface area contributed by atoms with Crippen LogP contribution in [0.1, 0.15) is 323 Å². The van der Waals surface area contributed by atoms with Gasteiger partial charge in [-0.05, 0) is 44.1 Å². The summed E-state index contributed by atoms with van der Waals surface area (Å²) in [7, 11) is 2.50. The largest absolute Gasteiger partial charge is 0.394 e. The lowest BCUT2D eigenvalue weighted by atomic mass is 10.0. The highest BCUT2D eigenvalue weighted by molar-refractivity contribution is 7.94. The van der Waals surface area contributed by atoms with E-state index in [2.05, 4.69) is 33.1 Å². The number of aliphatic hydroxyl groups excluding tert-OH is 2. The summed E-state index contributed by atoms with van der Waals surface area (Å²) < 4.78 is 7.14. The highest BCUT2D eigenvalue weighted by Crippen LogP contribution is 2.20. The van der Waals surface area contributed by atoms with E-state index in [9.17, 15) is 15.0 Å². The first-order chi connectivity index (χ1) is 32.9. The molecule has 0 bridgehead atoms. The summed E-state index contributed by atoms with van der Waals surface area (Å²) in [5.41, 5.74) is -1.13. The van der Waals surface area contributed by atoms with Gasteiger partial charge in [0.1, 0.15) is 5.54 Å². The molecule has 0 unspecified atom stereocenters. The van der Waals surface area contributed by atoms with Crippen LogP contribution in [-0.2, 0) is 8.98 Å². The van der Waals surface area contributed by atoms with E-state index in [0.29, 0.717) is 6.42 Å². The maximum atomic E-state index is 12.8. The summed E-state index contributed by atoms with van der Waals surface area (Å²) in [6, 6.07) is 0. The number of nitrogens with zero attached hydrogens (tertiary/aromatic N) is 1. The zero-order chi connectivity index (χ0) is 48.9. The first-order valence-corrected chi connectivity index (χ1v) is 31.4. The molecule has 1 amide bonds. The third-order valence-electron chi connectivity index (χ3n) is 15.0. The molecule has 0 aromatic carbocycles. The molecule has 0 aromatic rings. The molecule has 0 rings (SSSR count). The molecule has 0 spiro atoms. The second-order valence-corrected chi connectivity index (χ2v) is 22.9. The van der Waals surface area contributed by atoms with E-state index in [0.717, 1.165) is 36.0 Å². The van der Waals surface area contributed by atoms with E-state index in [1.54, 1.807) is 0 Å². The second kappa shape index (κ2) is 53.5. The molecule has 67 heavy (non-hydrogen) atoms. The smallest absolute Gasteiger partial charge is 0.220 e. The predicted octanol–water partition coefficient (Wildman–Crippen LogP) is 18.3. The zero-order valence-corrected chi connectivity index (χ0v) is 47.1. The number of amides is 1. The van der Waals surface area contributed by atoms with Crippen LogP contribution in [0.15, 0.2) is 0 Å². The molecule has 0 saturated heterocycles. The zero-order valence-electron chi connectivity index (χ0n) is 46.3.